The molecular formula is C12H13N3O3. The molecule has 0 saturated heterocycles. The molecule has 18 heavy (non-hydrogen) atoms. The molecule has 0 radical (unpaired) electrons. The fourth-order valence-corrected chi connectivity index (χ4v) is 1.50. The number of methoxy groups -OCH3 is 1. The molecule has 2 rings (SSSR count). The van der Waals surface area contributed by atoms with E-state index in [4.69, 9.17) is 0 Å². The van der Waals surface area contributed by atoms with E-state index in [9.17, 15) is 9.90 Å². The van der Waals surface area contributed by atoms with Crippen molar-refractivity contribution in [3.05, 3.63) is 47.8 Å². The molecular weight excluding hydrogens is 234 g/mol. The van der Waals surface area contributed by atoms with Crippen molar-refractivity contribution in [2.75, 3.05) is 12.4 Å². The molecule has 0 bridgehead atoms. The molecule has 0 fully saturated rings. The molecule has 3 N–H and O–H groups in total. The van der Waals surface area contributed by atoms with Crippen molar-refractivity contribution in [1.29, 1.82) is 0 Å². The van der Waals surface area contributed by atoms with Gasteiger partial charge in [0.1, 0.15) is 6.10 Å². The second kappa shape index (κ2) is 5.33. The van der Waals surface area contributed by atoms with Gasteiger partial charge in [-0.1, -0.05) is 30.3 Å². The predicted octanol–water partition coefficient (Wildman–Crippen LogP) is 1.67. The number of imidazole rings is 1. The van der Waals surface area contributed by atoms with Gasteiger partial charge >= 0.3 is 6.09 Å². The summed E-state index contributed by atoms with van der Waals surface area (Å²) in [6.07, 6.45) is 0.0279. The number of rotatable bonds is 3. The Morgan fingerprint density at radius 3 is 2.83 bits per heavy atom. The number of aliphatic hydroxyl groups is 1. The zero-order valence-corrected chi connectivity index (χ0v) is 9.75. The van der Waals surface area contributed by atoms with E-state index in [1.807, 2.05) is 18.2 Å². The second-order valence-electron chi connectivity index (χ2n) is 3.62. The van der Waals surface area contributed by atoms with Crippen molar-refractivity contribution >= 4 is 12.0 Å². The third kappa shape index (κ3) is 2.67. The quantitative estimate of drug-likeness (QED) is 0.769. The van der Waals surface area contributed by atoms with Gasteiger partial charge in [-0.05, 0) is 5.56 Å². The van der Waals surface area contributed by atoms with E-state index in [0.29, 0.717) is 5.69 Å². The van der Waals surface area contributed by atoms with Crippen LogP contribution in [0.25, 0.3) is 0 Å². The van der Waals surface area contributed by atoms with Crippen LogP contribution in [0.5, 0.6) is 0 Å². The molecule has 1 heterocycles. The Kier molecular flexibility index (Phi) is 3.59. The monoisotopic (exact) mass is 247 g/mol. The van der Waals surface area contributed by atoms with Gasteiger partial charge in [0, 0.05) is 0 Å². The van der Waals surface area contributed by atoms with Crippen LogP contribution in [-0.4, -0.2) is 28.3 Å². The molecule has 94 valence electrons. The zero-order chi connectivity index (χ0) is 13.0. The molecule has 1 aromatic heterocycles. The predicted molar refractivity (Wildman–Crippen MR) is 65.1 cm³/mol. The van der Waals surface area contributed by atoms with Crippen LogP contribution in [0, 0.1) is 0 Å². The molecule has 1 aromatic carbocycles. The summed E-state index contributed by atoms with van der Waals surface area (Å²) in [5.74, 6) is 0.229. The number of aliphatic hydroxyl groups excluding tert-OH is 1. The van der Waals surface area contributed by atoms with Gasteiger partial charge in [0.25, 0.3) is 0 Å². The van der Waals surface area contributed by atoms with Gasteiger partial charge in [-0.2, -0.15) is 0 Å². The average Bonchev–Trinajstić information content (AvgIpc) is 2.87. The van der Waals surface area contributed by atoms with E-state index in [-0.39, 0.29) is 5.95 Å². The summed E-state index contributed by atoms with van der Waals surface area (Å²) in [4.78, 5) is 17.7. The highest BCUT2D eigenvalue weighted by Gasteiger charge is 2.13. The van der Waals surface area contributed by atoms with Gasteiger partial charge in [-0.15, -0.1) is 0 Å². The highest BCUT2D eigenvalue weighted by atomic mass is 16.5. The van der Waals surface area contributed by atoms with E-state index in [0.717, 1.165) is 5.56 Å². The van der Waals surface area contributed by atoms with Crippen LogP contribution in [0.2, 0.25) is 0 Å². The Balaban J connectivity index is 2.12. The van der Waals surface area contributed by atoms with Crippen molar-refractivity contribution in [1.82, 2.24) is 9.97 Å². The van der Waals surface area contributed by atoms with Gasteiger partial charge in [0.15, 0.2) is 0 Å². The van der Waals surface area contributed by atoms with Crippen molar-refractivity contribution < 1.29 is 14.6 Å². The van der Waals surface area contributed by atoms with E-state index in [2.05, 4.69) is 20.0 Å². The molecule has 1 amide bonds. The lowest BCUT2D eigenvalue weighted by Gasteiger charge is -2.08. The number of benzene rings is 1. The lowest BCUT2D eigenvalue weighted by atomic mass is 10.1. The van der Waals surface area contributed by atoms with Crippen molar-refractivity contribution in [2.45, 2.75) is 6.10 Å². The largest absolute Gasteiger partial charge is 0.453 e. The maximum Gasteiger partial charge on any atom is 0.413 e. The number of anilines is 1. The summed E-state index contributed by atoms with van der Waals surface area (Å²) in [6.45, 7) is 0. The fraction of sp³-hybridized carbons (Fsp3) is 0.167. The maximum atomic E-state index is 11.0. The molecule has 0 aliphatic carbocycles. The Hall–Kier alpha value is -2.34. The first-order chi connectivity index (χ1) is 8.70. The second-order valence-corrected chi connectivity index (χ2v) is 3.62. The molecule has 0 spiro atoms. The number of hydrogen-bond acceptors (Lipinski definition) is 4. The maximum absolute atomic E-state index is 11.0. The molecule has 2 aromatic rings. The number of aromatic nitrogens is 2. The van der Waals surface area contributed by atoms with Crippen LogP contribution in [0.15, 0.2) is 36.5 Å². The number of nitrogens with zero attached hydrogens (tertiary/aromatic N) is 1. The van der Waals surface area contributed by atoms with Crippen LogP contribution < -0.4 is 5.32 Å². The van der Waals surface area contributed by atoms with E-state index in [1.165, 1.54) is 13.3 Å². The third-order valence-electron chi connectivity index (χ3n) is 2.41. The highest BCUT2D eigenvalue weighted by molar-refractivity contribution is 5.82. The summed E-state index contributed by atoms with van der Waals surface area (Å²) in [5.41, 5.74) is 1.23. The summed E-state index contributed by atoms with van der Waals surface area (Å²) in [6, 6.07) is 9.15. The van der Waals surface area contributed by atoms with E-state index < -0.39 is 12.2 Å². The minimum Gasteiger partial charge on any atom is -0.453 e. The van der Waals surface area contributed by atoms with Crippen molar-refractivity contribution in [3.8, 4) is 0 Å². The fourth-order valence-electron chi connectivity index (χ4n) is 1.50. The topological polar surface area (TPSA) is 87.2 Å². The number of aromatic amines is 1. The van der Waals surface area contributed by atoms with Crippen molar-refractivity contribution in [3.63, 3.8) is 0 Å². The number of H-pyrrole nitrogens is 1. The molecule has 1 unspecified atom stereocenters. The zero-order valence-electron chi connectivity index (χ0n) is 9.75. The molecule has 0 aliphatic rings. The molecule has 6 heteroatoms. The van der Waals surface area contributed by atoms with Gasteiger partial charge in [0.05, 0.1) is 19.0 Å². The van der Waals surface area contributed by atoms with Crippen LogP contribution in [0.4, 0.5) is 10.7 Å². The van der Waals surface area contributed by atoms with Crippen molar-refractivity contribution in [2.24, 2.45) is 0 Å². The first-order valence-corrected chi connectivity index (χ1v) is 5.33. The van der Waals surface area contributed by atoms with Gasteiger partial charge in [-0.3, -0.25) is 5.32 Å². The van der Waals surface area contributed by atoms with E-state index in [1.54, 1.807) is 12.1 Å². The summed E-state index contributed by atoms with van der Waals surface area (Å²) in [5, 5.41) is 12.5. The van der Waals surface area contributed by atoms with Gasteiger partial charge < -0.3 is 14.8 Å². The van der Waals surface area contributed by atoms with Gasteiger partial charge in [-0.25, -0.2) is 9.78 Å². The Bertz CT molecular complexity index is 524. The summed E-state index contributed by atoms with van der Waals surface area (Å²) >= 11 is 0. The lowest BCUT2D eigenvalue weighted by molar-refractivity contribution is 0.186. The number of amides is 1. The van der Waals surface area contributed by atoms with Crippen LogP contribution in [0.1, 0.15) is 17.4 Å². The van der Waals surface area contributed by atoms with Gasteiger partial charge in [0.2, 0.25) is 5.95 Å². The standard InChI is InChI=1S/C12H13N3O3/c1-18-12(17)15-11-13-7-9(14-11)10(16)8-5-3-2-4-6-8/h2-7,10,16H,1H3,(H2,13,14,15,17). The summed E-state index contributed by atoms with van der Waals surface area (Å²) in [7, 11) is 1.26. The SMILES string of the molecule is COC(=O)Nc1ncc(C(O)c2ccccc2)[nH]1. The number of carbonyl (C=O) groups excluding carboxylic acids is 1. The number of carbonyl (C=O) groups is 1. The number of hydrogen-bond donors (Lipinski definition) is 3. The Morgan fingerprint density at radius 1 is 1.44 bits per heavy atom. The third-order valence-corrected chi connectivity index (χ3v) is 2.41. The minimum atomic E-state index is -0.813. The molecule has 1 atom stereocenters. The van der Waals surface area contributed by atoms with Crippen LogP contribution in [0.3, 0.4) is 0 Å². The van der Waals surface area contributed by atoms with Crippen LogP contribution in [-0.2, 0) is 4.74 Å². The molecule has 6 nitrogen and oxygen atoms in total. The highest BCUT2D eigenvalue weighted by Crippen LogP contribution is 2.20. The normalized spacial score (nSPS) is 11.9. The Morgan fingerprint density at radius 2 is 2.17 bits per heavy atom. The minimum absolute atomic E-state index is 0.229. The first-order valence-electron chi connectivity index (χ1n) is 5.33. The lowest BCUT2D eigenvalue weighted by Crippen LogP contribution is -2.12. The van der Waals surface area contributed by atoms with E-state index >= 15 is 0 Å². The smallest absolute Gasteiger partial charge is 0.413 e. The summed E-state index contributed by atoms with van der Waals surface area (Å²) < 4.78 is 4.44. The average molecular weight is 247 g/mol. The number of nitrogens with one attached hydrogen (secondary N) is 2. The van der Waals surface area contributed by atoms with Crippen LogP contribution >= 0.6 is 0 Å². The molecule has 0 aliphatic heterocycles. The first kappa shape index (κ1) is 12.1. The number of ether oxygens (including phenoxy) is 1. The Labute approximate surface area is 104 Å². The molecule has 0 saturated carbocycles.